The SMILES string of the molecule is NC1CCC(C(=O)Nc2ccc(CN3C(=O)CCC3=O)cc2)C1. The van der Waals surface area contributed by atoms with Gasteiger partial charge in [0.05, 0.1) is 6.54 Å². The van der Waals surface area contributed by atoms with E-state index >= 15 is 0 Å². The van der Waals surface area contributed by atoms with E-state index in [9.17, 15) is 14.4 Å². The maximum Gasteiger partial charge on any atom is 0.229 e. The zero-order chi connectivity index (χ0) is 16.4. The van der Waals surface area contributed by atoms with E-state index in [1.807, 2.05) is 12.1 Å². The van der Waals surface area contributed by atoms with Crippen molar-refractivity contribution in [2.75, 3.05) is 5.32 Å². The van der Waals surface area contributed by atoms with Crippen molar-refractivity contribution in [2.24, 2.45) is 11.7 Å². The van der Waals surface area contributed by atoms with E-state index in [0.717, 1.165) is 30.5 Å². The van der Waals surface area contributed by atoms with Gasteiger partial charge in [0.25, 0.3) is 0 Å². The van der Waals surface area contributed by atoms with Crippen LogP contribution in [0.3, 0.4) is 0 Å². The van der Waals surface area contributed by atoms with Crippen LogP contribution < -0.4 is 11.1 Å². The molecule has 2 atom stereocenters. The summed E-state index contributed by atoms with van der Waals surface area (Å²) in [7, 11) is 0. The summed E-state index contributed by atoms with van der Waals surface area (Å²) in [5, 5.41) is 2.90. The third-order valence-electron chi connectivity index (χ3n) is 4.56. The highest BCUT2D eigenvalue weighted by Gasteiger charge is 2.29. The van der Waals surface area contributed by atoms with E-state index in [2.05, 4.69) is 5.32 Å². The number of benzene rings is 1. The molecule has 3 rings (SSSR count). The number of rotatable bonds is 4. The molecule has 6 nitrogen and oxygen atoms in total. The highest BCUT2D eigenvalue weighted by molar-refractivity contribution is 6.01. The van der Waals surface area contributed by atoms with Crippen molar-refractivity contribution < 1.29 is 14.4 Å². The van der Waals surface area contributed by atoms with Crippen molar-refractivity contribution in [3.8, 4) is 0 Å². The maximum absolute atomic E-state index is 12.1. The van der Waals surface area contributed by atoms with Crippen LogP contribution >= 0.6 is 0 Å². The van der Waals surface area contributed by atoms with Gasteiger partial charge in [0.15, 0.2) is 0 Å². The predicted octanol–water partition coefficient (Wildman–Crippen LogP) is 1.40. The number of hydrogen-bond acceptors (Lipinski definition) is 4. The third-order valence-corrected chi connectivity index (χ3v) is 4.56. The normalized spacial score (nSPS) is 24.3. The quantitative estimate of drug-likeness (QED) is 0.822. The predicted molar refractivity (Wildman–Crippen MR) is 85.2 cm³/mol. The Kier molecular flexibility index (Phi) is 4.43. The molecule has 3 amide bonds. The Bertz CT molecular complexity index is 610. The Balaban J connectivity index is 1.58. The lowest BCUT2D eigenvalue weighted by molar-refractivity contribution is -0.139. The fourth-order valence-corrected chi connectivity index (χ4v) is 3.17. The minimum absolute atomic E-state index is 0.00970. The Morgan fingerprint density at radius 3 is 2.35 bits per heavy atom. The molecule has 0 bridgehead atoms. The van der Waals surface area contributed by atoms with E-state index < -0.39 is 0 Å². The van der Waals surface area contributed by atoms with Gasteiger partial charge in [0.1, 0.15) is 0 Å². The molecule has 0 aromatic heterocycles. The number of nitrogens with one attached hydrogen (secondary N) is 1. The first-order chi connectivity index (χ1) is 11.0. The van der Waals surface area contributed by atoms with Crippen LogP contribution in [0.2, 0.25) is 0 Å². The number of carbonyl (C=O) groups excluding carboxylic acids is 3. The van der Waals surface area contributed by atoms with Gasteiger partial charge >= 0.3 is 0 Å². The van der Waals surface area contributed by atoms with E-state index in [-0.39, 0.29) is 29.7 Å². The molecule has 2 fully saturated rings. The molecule has 1 heterocycles. The summed E-state index contributed by atoms with van der Waals surface area (Å²) in [4.78, 5) is 36.7. The minimum atomic E-state index is -0.120. The molecule has 2 unspecified atom stereocenters. The molecule has 2 aliphatic rings. The third kappa shape index (κ3) is 3.59. The summed E-state index contributed by atoms with van der Waals surface area (Å²) < 4.78 is 0. The molecule has 0 radical (unpaired) electrons. The Morgan fingerprint density at radius 1 is 1.13 bits per heavy atom. The number of anilines is 1. The lowest BCUT2D eigenvalue weighted by Crippen LogP contribution is -2.28. The largest absolute Gasteiger partial charge is 0.328 e. The van der Waals surface area contributed by atoms with Gasteiger partial charge in [0, 0.05) is 30.5 Å². The van der Waals surface area contributed by atoms with Crippen LogP contribution in [0.1, 0.15) is 37.7 Å². The first-order valence-electron chi connectivity index (χ1n) is 8.01. The molecule has 1 aliphatic carbocycles. The summed E-state index contributed by atoms with van der Waals surface area (Å²) in [5.41, 5.74) is 7.43. The fourth-order valence-electron chi connectivity index (χ4n) is 3.17. The van der Waals surface area contributed by atoms with E-state index in [1.54, 1.807) is 12.1 Å². The maximum atomic E-state index is 12.1. The van der Waals surface area contributed by atoms with Crippen LogP contribution in [-0.4, -0.2) is 28.7 Å². The smallest absolute Gasteiger partial charge is 0.229 e. The first kappa shape index (κ1) is 15.7. The van der Waals surface area contributed by atoms with Gasteiger partial charge in [0.2, 0.25) is 17.7 Å². The lowest BCUT2D eigenvalue weighted by Gasteiger charge is -2.14. The van der Waals surface area contributed by atoms with Gasteiger partial charge in [-0.2, -0.15) is 0 Å². The summed E-state index contributed by atoms with van der Waals surface area (Å²) in [6, 6.07) is 7.38. The van der Waals surface area contributed by atoms with Gasteiger partial charge in [-0.1, -0.05) is 12.1 Å². The second kappa shape index (κ2) is 6.50. The summed E-state index contributed by atoms with van der Waals surface area (Å²) in [6.07, 6.45) is 3.08. The van der Waals surface area contributed by atoms with Gasteiger partial charge in [-0.25, -0.2) is 0 Å². The van der Waals surface area contributed by atoms with Crippen molar-refractivity contribution >= 4 is 23.4 Å². The standard InChI is InChI=1S/C17H21N3O3/c18-13-4-3-12(9-13)17(23)19-14-5-1-11(2-6-14)10-20-15(21)7-8-16(20)22/h1-2,5-6,12-13H,3-4,7-10,18H2,(H,19,23). The van der Waals surface area contributed by atoms with Crippen molar-refractivity contribution in [2.45, 2.75) is 44.7 Å². The van der Waals surface area contributed by atoms with Crippen molar-refractivity contribution in [3.63, 3.8) is 0 Å². The van der Waals surface area contributed by atoms with Crippen LogP contribution in [0.5, 0.6) is 0 Å². The number of imide groups is 1. The highest BCUT2D eigenvalue weighted by atomic mass is 16.2. The lowest BCUT2D eigenvalue weighted by atomic mass is 10.1. The van der Waals surface area contributed by atoms with Crippen LogP contribution in [0.4, 0.5) is 5.69 Å². The molecule has 3 N–H and O–H groups in total. The molecule has 1 aromatic rings. The Labute approximate surface area is 135 Å². The Hall–Kier alpha value is -2.21. The van der Waals surface area contributed by atoms with Crippen LogP contribution in [0.15, 0.2) is 24.3 Å². The molecule has 1 saturated carbocycles. The summed E-state index contributed by atoms with van der Waals surface area (Å²) in [5.74, 6) is -0.241. The molecular weight excluding hydrogens is 294 g/mol. The Morgan fingerprint density at radius 2 is 1.78 bits per heavy atom. The number of hydrogen-bond donors (Lipinski definition) is 2. The van der Waals surface area contributed by atoms with E-state index in [1.165, 1.54) is 4.90 Å². The number of nitrogens with two attached hydrogens (primary N) is 1. The van der Waals surface area contributed by atoms with Crippen LogP contribution in [0.25, 0.3) is 0 Å². The zero-order valence-electron chi connectivity index (χ0n) is 13.0. The average Bonchev–Trinajstić information content (AvgIpc) is 3.10. The molecule has 1 aromatic carbocycles. The number of nitrogens with zero attached hydrogens (tertiary/aromatic N) is 1. The molecule has 1 saturated heterocycles. The van der Waals surface area contributed by atoms with E-state index in [0.29, 0.717) is 19.4 Å². The van der Waals surface area contributed by atoms with Crippen LogP contribution in [0, 0.1) is 5.92 Å². The molecule has 0 spiro atoms. The molecule has 1 aliphatic heterocycles. The van der Waals surface area contributed by atoms with Gasteiger partial charge in [-0.3, -0.25) is 19.3 Å². The highest BCUT2D eigenvalue weighted by Crippen LogP contribution is 2.25. The molecule has 23 heavy (non-hydrogen) atoms. The average molecular weight is 315 g/mol. The van der Waals surface area contributed by atoms with Crippen molar-refractivity contribution in [3.05, 3.63) is 29.8 Å². The number of carbonyl (C=O) groups is 3. The van der Waals surface area contributed by atoms with Crippen molar-refractivity contribution in [1.82, 2.24) is 4.90 Å². The van der Waals surface area contributed by atoms with Gasteiger partial charge in [-0.15, -0.1) is 0 Å². The molecule has 122 valence electrons. The van der Waals surface area contributed by atoms with E-state index in [4.69, 9.17) is 5.73 Å². The zero-order valence-corrected chi connectivity index (χ0v) is 13.0. The first-order valence-corrected chi connectivity index (χ1v) is 8.01. The topological polar surface area (TPSA) is 92.5 Å². The summed E-state index contributed by atoms with van der Waals surface area (Å²) >= 11 is 0. The fraction of sp³-hybridized carbons (Fsp3) is 0.471. The van der Waals surface area contributed by atoms with Crippen molar-refractivity contribution in [1.29, 1.82) is 0 Å². The second-order valence-corrected chi connectivity index (χ2v) is 6.33. The molecule has 6 heteroatoms. The molecular formula is C17H21N3O3. The van der Waals surface area contributed by atoms with Gasteiger partial charge < -0.3 is 11.1 Å². The monoisotopic (exact) mass is 315 g/mol. The minimum Gasteiger partial charge on any atom is -0.328 e. The van der Waals surface area contributed by atoms with Crippen LogP contribution in [-0.2, 0) is 20.9 Å². The second-order valence-electron chi connectivity index (χ2n) is 6.33. The van der Waals surface area contributed by atoms with Gasteiger partial charge in [-0.05, 0) is 37.0 Å². The summed E-state index contributed by atoms with van der Waals surface area (Å²) in [6.45, 7) is 0.295. The number of likely N-dealkylation sites (tertiary alicyclic amines) is 1. The number of amides is 3.